The number of carbonyl (C=O) groups is 1. The number of benzene rings is 2. The van der Waals surface area contributed by atoms with Gasteiger partial charge in [0.25, 0.3) is 6.01 Å². The van der Waals surface area contributed by atoms with E-state index in [-0.39, 0.29) is 11.8 Å². The summed E-state index contributed by atoms with van der Waals surface area (Å²) in [5, 5.41) is 3.12. The molecule has 0 spiro atoms. The summed E-state index contributed by atoms with van der Waals surface area (Å²) in [4.78, 5) is 21.8. The Kier molecular flexibility index (Phi) is 6.87. The molecule has 0 saturated carbocycles. The third-order valence-electron chi connectivity index (χ3n) is 6.21. The van der Waals surface area contributed by atoms with E-state index in [2.05, 4.69) is 58.2 Å². The maximum absolute atomic E-state index is 12.7. The van der Waals surface area contributed by atoms with Crippen LogP contribution in [0.3, 0.4) is 0 Å². The predicted molar refractivity (Wildman–Crippen MR) is 124 cm³/mol. The predicted octanol–water partition coefficient (Wildman–Crippen LogP) is 4.20. The second-order valence-corrected chi connectivity index (χ2v) is 8.22. The Labute approximate surface area is 184 Å². The van der Waals surface area contributed by atoms with Gasteiger partial charge in [0.15, 0.2) is 5.58 Å². The lowest BCUT2D eigenvalue weighted by molar-refractivity contribution is -0.125. The number of aromatic nitrogens is 1. The number of piperidine rings is 1. The fourth-order valence-corrected chi connectivity index (χ4v) is 4.13. The number of para-hydroxylation sites is 2. The molecule has 1 N–H and O–H groups in total. The van der Waals surface area contributed by atoms with Crippen molar-refractivity contribution in [2.24, 2.45) is 5.92 Å². The summed E-state index contributed by atoms with van der Waals surface area (Å²) in [6.45, 7) is 9.60. The maximum Gasteiger partial charge on any atom is 0.298 e. The molecule has 1 saturated heterocycles. The zero-order valence-electron chi connectivity index (χ0n) is 18.5. The zero-order valence-corrected chi connectivity index (χ0v) is 18.5. The van der Waals surface area contributed by atoms with Gasteiger partial charge in [0.05, 0.1) is 0 Å². The number of oxazole rings is 1. The van der Waals surface area contributed by atoms with E-state index in [1.54, 1.807) is 0 Å². The fraction of sp³-hybridized carbons (Fsp3) is 0.440. The molecule has 6 nitrogen and oxygen atoms in total. The number of amides is 1. The summed E-state index contributed by atoms with van der Waals surface area (Å²) in [6.07, 6.45) is 1.63. The quantitative estimate of drug-likeness (QED) is 0.592. The molecule has 164 valence electrons. The van der Waals surface area contributed by atoms with Crippen LogP contribution in [0.2, 0.25) is 0 Å². The highest BCUT2D eigenvalue weighted by molar-refractivity contribution is 5.79. The second-order valence-electron chi connectivity index (χ2n) is 8.22. The summed E-state index contributed by atoms with van der Waals surface area (Å²) in [6, 6.07) is 17.0. The standard InChI is InChI=1S/C25H32N4O2/c1-3-28(4-2)18-20-11-9-19(10-12-20)17-26-24(30)21-13-15-29(16-14-21)25-27-22-7-5-6-8-23(22)31-25/h5-12,21H,3-4,13-18H2,1-2H3,(H,26,30). The number of fused-ring (bicyclic) bond motifs is 1. The number of nitrogens with zero attached hydrogens (tertiary/aromatic N) is 3. The maximum atomic E-state index is 12.7. The molecule has 2 heterocycles. The topological polar surface area (TPSA) is 61.6 Å². The van der Waals surface area contributed by atoms with Crippen LogP contribution in [-0.4, -0.2) is 42.0 Å². The minimum atomic E-state index is 0.0440. The molecule has 0 aliphatic carbocycles. The van der Waals surface area contributed by atoms with E-state index in [0.29, 0.717) is 12.6 Å². The van der Waals surface area contributed by atoms with Crippen LogP contribution in [0.5, 0.6) is 0 Å². The van der Waals surface area contributed by atoms with Crippen molar-refractivity contribution in [1.29, 1.82) is 0 Å². The number of nitrogens with one attached hydrogen (secondary N) is 1. The van der Waals surface area contributed by atoms with Crippen LogP contribution in [0.4, 0.5) is 6.01 Å². The first-order valence-electron chi connectivity index (χ1n) is 11.3. The second kappa shape index (κ2) is 9.96. The van der Waals surface area contributed by atoms with Crippen molar-refractivity contribution in [1.82, 2.24) is 15.2 Å². The molecule has 1 aliphatic heterocycles. The van der Waals surface area contributed by atoms with Gasteiger partial charge in [-0.15, -0.1) is 0 Å². The molecule has 1 aromatic heterocycles. The molecule has 0 unspecified atom stereocenters. The lowest BCUT2D eigenvalue weighted by Crippen LogP contribution is -2.40. The molecule has 1 aliphatic rings. The van der Waals surface area contributed by atoms with Gasteiger partial charge in [-0.1, -0.05) is 50.2 Å². The summed E-state index contributed by atoms with van der Waals surface area (Å²) >= 11 is 0. The molecular formula is C25H32N4O2. The molecule has 3 aromatic rings. The average Bonchev–Trinajstić information content (AvgIpc) is 3.26. The molecule has 0 atom stereocenters. The number of hydrogen-bond donors (Lipinski definition) is 1. The lowest BCUT2D eigenvalue weighted by Gasteiger charge is -2.30. The van der Waals surface area contributed by atoms with Crippen LogP contribution in [0, 0.1) is 5.92 Å². The minimum absolute atomic E-state index is 0.0440. The Morgan fingerprint density at radius 1 is 1.06 bits per heavy atom. The molecule has 0 bridgehead atoms. The minimum Gasteiger partial charge on any atom is -0.423 e. The molecule has 2 aromatic carbocycles. The van der Waals surface area contributed by atoms with E-state index in [1.165, 1.54) is 5.56 Å². The lowest BCUT2D eigenvalue weighted by atomic mass is 9.96. The van der Waals surface area contributed by atoms with Gasteiger partial charge in [0.2, 0.25) is 5.91 Å². The zero-order chi connectivity index (χ0) is 21.6. The summed E-state index contributed by atoms with van der Waals surface area (Å²) in [5.74, 6) is 0.187. The van der Waals surface area contributed by atoms with Crippen molar-refractivity contribution < 1.29 is 9.21 Å². The highest BCUT2D eigenvalue weighted by Gasteiger charge is 2.27. The van der Waals surface area contributed by atoms with E-state index in [4.69, 9.17) is 4.42 Å². The van der Waals surface area contributed by atoms with E-state index in [1.807, 2.05) is 24.3 Å². The monoisotopic (exact) mass is 420 g/mol. The first-order chi connectivity index (χ1) is 15.2. The highest BCUT2D eigenvalue weighted by atomic mass is 16.4. The smallest absolute Gasteiger partial charge is 0.298 e. The van der Waals surface area contributed by atoms with Crippen LogP contribution in [0.15, 0.2) is 52.9 Å². The summed E-state index contributed by atoms with van der Waals surface area (Å²) < 4.78 is 5.87. The number of anilines is 1. The van der Waals surface area contributed by atoms with Crippen molar-refractivity contribution in [3.63, 3.8) is 0 Å². The van der Waals surface area contributed by atoms with Gasteiger partial charge in [-0.3, -0.25) is 9.69 Å². The van der Waals surface area contributed by atoms with E-state index < -0.39 is 0 Å². The fourth-order valence-electron chi connectivity index (χ4n) is 4.13. The van der Waals surface area contributed by atoms with Gasteiger partial charge in [-0.25, -0.2) is 0 Å². The Morgan fingerprint density at radius 3 is 2.42 bits per heavy atom. The van der Waals surface area contributed by atoms with Crippen molar-refractivity contribution in [3.8, 4) is 0 Å². The van der Waals surface area contributed by atoms with Gasteiger partial charge < -0.3 is 14.6 Å². The van der Waals surface area contributed by atoms with Gasteiger partial charge in [-0.2, -0.15) is 4.98 Å². The molecule has 0 radical (unpaired) electrons. The molecule has 1 amide bonds. The summed E-state index contributed by atoms with van der Waals surface area (Å²) in [5.41, 5.74) is 4.13. The van der Waals surface area contributed by atoms with Crippen molar-refractivity contribution in [3.05, 3.63) is 59.7 Å². The SMILES string of the molecule is CCN(CC)Cc1ccc(CNC(=O)C2CCN(c3nc4ccccc4o3)CC2)cc1. The first-order valence-corrected chi connectivity index (χ1v) is 11.3. The molecule has 31 heavy (non-hydrogen) atoms. The average molecular weight is 421 g/mol. The Hall–Kier alpha value is -2.86. The summed E-state index contributed by atoms with van der Waals surface area (Å²) in [7, 11) is 0. The van der Waals surface area contributed by atoms with Crippen molar-refractivity contribution in [2.75, 3.05) is 31.1 Å². The third-order valence-corrected chi connectivity index (χ3v) is 6.21. The number of hydrogen-bond acceptors (Lipinski definition) is 5. The van der Waals surface area contributed by atoms with Gasteiger partial charge in [0.1, 0.15) is 5.52 Å². The van der Waals surface area contributed by atoms with Gasteiger partial charge >= 0.3 is 0 Å². The number of rotatable bonds is 8. The number of carbonyl (C=O) groups excluding carboxylic acids is 1. The largest absolute Gasteiger partial charge is 0.423 e. The molecular weight excluding hydrogens is 388 g/mol. The van der Waals surface area contributed by atoms with Gasteiger partial charge in [-0.05, 0) is 49.2 Å². The molecule has 4 rings (SSSR count). The first kappa shape index (κ1) is 21.4. The van der Waals surface area contributed by atoms with Crippen LogP contribution in [0.25, 0.3) is 11.1 Å². The van der Waals surface area contributed by atoms with E-state index >= 15 is 0 Å². The van der Waals surface area contributed by atoms with Gasteiger partial charge in [0, 0.05) is 32.1 Å². The van der Waals surface area contributed by atoms with Crippen molar-refractivity contribution in [2.45, 2.75) is 39.8 Å². The highest BCUT2D eigenvalue weighted by Crippen LogP contribution is 2.26. The van der Waals surface area contributed by atoms with E-state index in [0.717, 1.165) is 62.2 Å². The van der Waals surface area contributed by atoms with E-state index in [9.17, 15) is 4.79 Å². The van der Waals surface area contributed by atoms with Crippen LogP contribution in [0.1, 0.15) is 37.8 Å². The van der Waals surface area contributed by atoms with Crippen LogP contribution in [-0.2, 0) is 17.9 Å². The Morgan fingerprint density at radius 2 is 1.74 bits per heavy atom. The Balaban J connectivity index is 1.24. The van der Waals surface area contributed by atoms with Crippen LogP contribution < -0.4 is 10.2 Å². The van der Waals surface area contributed by atoms with Crippen molar-refractivity contribution >= 4 is 23.0 Å². The molecule has 6 heteroatoms. The molecule has 1 fully saturated rings. The Bertz CT molecular complexity index is 953. The normalized spacial score (nSPS) is 15.0. The third kappa shape index (κ3) is 5.25. The van der Waals surface area contributed by atoms with Crippen LogP contribution >= 0.6 is 0 Å².